The lowest BCUT2D eigenvalue weighted by Crippen LogP contribution is -1.99. The minimum atomic E-state index is 0.627. The van der Waals surface area contributed by atoms with E-state index >= 15 is 0 Å². The normalized spacial score (nSPS) is 12.3. The summed E-state index contributed by atoms with van der Waals surface area (Å²) in [6, 6.07) is 55.4. The van der Waals surface area contributed by atoms with Crippen LogP contribution in [-0.2, 0) is 0 Å². The van der Waals surface area contributed by atoms with Crippen molar-refractivity contribution in [3.05, 3.63) is 157 Å². The van der Waals surface area contributed by atoms with E-state index in [1.165, 1.54) is 5.56 Å². The first-order chi connectivity index (χ1) is 24.8. The highest BCUT2D eigenvalue weighted by Crippen LogP contribution is 2.53. The van der Waals surface area contributed by atoms with Crippen LogP contribution in [0.3, 0.4) is 0 Å². The van der Waals surface area contributed by atoms with Gasteiger partial charge in [-0.05, 0) is 114 Å². The Balaban J connectivity index is 1.26. The predicted octanol–water partition coefficient (Wildman–Crippen LogP) is 13.1. The van der Waals surface area contributed by atoms with E-state index in [1.54, 1.807) is 0 Å². The highest BCUT2D eigenvalue weighted by molar-refractivity contribution is 6.27. The van der Waals surface area contributed by atoms with Gasteiger partial charge in [-0.3, -0.25) is 0 Å². The molecule has 2 heterocycles. The van der Waals surface area contributed by atoms with Crippen molar-refractivity contribution in [2.75, 3.05) is 0 Å². The van der Waals surface area contributed by atoms with Gasteiger partial charge in [0.15, 0.2) is 0 Å². The number of nitrogens with zero attached hydrogens (tertiary/aromatic N) is 1. The molecule has 9 aromatic carbocycles. The monoisotopic (exact) mass is 635 g/mol. The third-order valence-electron chi connectivity index (χ3n) is 10.5. The Kier molecular flexibility index (Phi) is 5.45. The van der Waals surface area contributed by atoms with Crippen molar-refractivity contribution >= 4 is 43.1 Å². The van der Waals surface area contributed by atoms with Gasteiger partial charge in [-0.25, -0.2) is 0 Å². The molecule has 0 aromatic heterocycles. The maximum atomic E-state index is 10.2. The Hall–Kier alpha value is -6.89. The zero-order chi connectivity index (χ0) is 32.9. The number of ether oxygens (including phenoxy) is 2. The highest BCUT2D eigenvalue weighted by atomic mass is 16.5. The Morgan fingerprint density at radius 2 is 0.800 bits per heavy atom. The molecule has 0 aliphatic carbocycles. The summed E-state index contributed by atoms with van der Waals surface area (Å²) in [7, 11) is 0. The fraction of sp³-hybridized carbons (Fsp3) is 0. The van der Waals surface area contributed by atoms with Crippen molar-refractivity contribution in [3.8, 4) is 73.6 Å². The van der Waals surface area contributed by atoms with Crippen molar-refractivity contribution in [2.45, 2.75) is 0 Å². The number of hydrogen-bond acceptors (Lipinski definition) is 3. The van der Waals surface area contributed by atoms with Crippen LogP contribution in [-0.4, -0.2) is 0 Å². The van der Waals surface area contributed by atoms with Gasteiger partial charge in [-0.15, -0.1) is 0 Å². The molecule has 0 unspecified atom stereocenters. The van der Waals surface area contributed by atoms with Gasteiger partial charge in [-0.2, -0.15) is 5.26 Å². The molecule has 0 fully saturated rings. The van der Waals surface area contributed by atoms with Crippen LogP contribution >= 0.6 is 0 Å². The lowest BCUT2D eigenvalue weighted by molar-refractivity contribution is 0.487. The maximum Gasteiger partial charge on any atom is 0.135 e. The van der Waals surface area contributed by atoms with Crippen LogP contribution in [0, 0.1) is 11.3 Å². The topological polar surface area (TPSA) is 42.2 Å². The molecule has 0 bridgehead atoms. The lowest BCUT2D eigenvalue weighted by Gasteiger charge is -2.25. The van der Waals surface area contributed by atoms with Crippen LogP contribution in [0.5, 0.6) is 23.0 Å². The zero-order valence-corrected chi connectivity index (χ0v) is 26.7. The van der Waals surface area contributed by atoms with Crippen molar-refractivity contribution in [1.29, 1.82) is 5.26 Å². The molecule has 230 valence electrons. The number of fused-ring (bicyclic) bond motifs is 6. The first-order valence-corrected chi connectivity index (χ1v) is 16.8. The van der Waals surface area contributed by atoms with Crippen LogP contribution in [0.15, 0.2) is 152 Å². The van der Waals surface area contributed by atoms with E-state index in [4.69, 9.17) is 9.47 Å². The van der Waals surface area contributed by atoms with Gasteiger partial charge in [0.1, 0.15) is 23.0 Å². The molecule has 0 amide bonds. The van der Waals surface area contributed by atoms with Gasteiger partial charge in [0.05, 0.1) is 11.6 Å². The second-order valence-electron chi connectivity index (χ2n) is 13.0. The van der Waals surface area contributed by atoms with Crippen LogP contribution in [0.2, 0.25) is 0 Å². The second-order valence-corrected chi connectivity index (χ2v) is 13.0. The number of benzene rings is 9. The van der Waals surface area contributed by atoms with Crippen molar-refractivity contribution in [2.24, 2.45) is 0 Å². The van der Waals surface area contributed by atoms with E-state index < -0.39 is 0 Å². The molecule has 3 heteroatoms. The Labute approximate surface area is 287 Å². The molecular weight excluding hydrogens is 611 g/mol. The molecule has 0 N–H and O–H groups in total. The third kappa shape index (κ3) is 3.62. The number of nitriles is 1. The molecule has 0 atom stereocenters. The summed E-state index contributed by atoms with van der Waals surface area (Å²) < 4.78 is 12.9. The average Bonchev–Trinajstić information content (AvgIpc) is 3.18. The predicted molar refractivity (Wildman–Crippen MR) is 203 cm³/mol. The Bertz CT molecular complexity index is 3000. The van der Waals surface area contributed by atoms with Crippen molar-refractivity contribution in [3.63, 3.8) is 0 Å². The van der Waals surface area contributed by atoms with Crippen molar-refractivity contribution < 1.29 is 9.47 Å². The molecule has 0 radical (unpaired) electrons. The van der Waals surface area contributed by atoms with Crippen LogP contribution in [0.25, 0.3) is 87.6 Å². The first-order valence-electron chi connectivity index (χ1n) is 16.8. The molecule has 0 saturated carbocycles. The smallest absolute Gasteiger partial charge is 0.135 e. The zero-order valence-electron chi connectivity index (χ0n) is 26.7. The second kappa shape index (κ2) is 10.1. The summed E-state index contributed by atoms with van der Waals surface area (Å²) in [6.45, 7) is 0. The van der Waals surface area contributed by atoms with Gasteiger partial charge in [0, 0.05) is 21.9 Å². The highest BCUT2D eigenvalue weighted by Gasteiger charge is 2.26. The molecule has 11 rings (SSSR count). The molecule has 0 saturated heterocycles. The molecule has 2 aliphatic rings. The Morgan fingerprint density at radius 3 is 1.36 bits per heavy atom. The average molecular weight is 636 g/mol. The summed E-state index contributed by atoms with van der Waals surface area (Å²) in [6.07, 6.45) is 0. The molecule has 9 aromatic rings. The van der Waals surface area contributed by atoms with E-state index in [0.717, 1.165) is 105 Å². The van der Waals surface area contributed by atoms with Crippen LogP contribution in [0.4, 0.5) is 0 Å². The van der Waals surface area contributed by atoms with E-state index in [2.05, 4.69) is 127 Å². The summed E-state index contributed by atoms with van der Waals surface area (Å²) in [5.41, 5.74) is 9.65. The van der Waals surface area contributed by atoms with Crippen LogP contribution < -0.4 is 9.47 Å². The Morgan fingerprint density at radius 1 is 0.340 bits per heavy atom. The van der Waals surface area contributed by atoms with Gasteiger partial charge >= 0.3 is 0 Å². The summed E-state index contributed by atoms with van der Waals surface area (Å²) in [4.78, 5) is 0. The van der Waals surface area contributed by atoms with Crippen LogP contribution in [0.1, 0.15) is 5.56 Å². The maximum absolute atomic E-state index is 10.2. The first kappa shape index (κ1) is 27.1. The SMILES string of the molecule is N#Cc1ccc2c(-c3ccc4c5c(cccc35)-c3ccccc3O4)c3ccccc3c(-c3ccc4c5c(cccc35)-c3ccccc3O4)c2c1. The van der Waals surface area contributed by atoms with Gasteiger partial charge in [-0.1, -0.05) is 103 Å². The summed E-state index contributed by atoms with van der Waals surface area (Å²) in [5.74, 6) is 3.46. The lowest BCUT2D eigenvalue weighted by atomic mass is 9.82. The van der Waals surface area contributed by atoms with E-state index in [-0.39, 0.29) is 0 Å². The standard InChI is InChI=1S/C47H25NO2/c48-26-27-19-20-38-39(25-27)45(37-22-24-43-47-31(14-8-16-35(37)47)29-10-4-6-18-41(29)50-43)33-12-2-1-11-32(33)44(38)36-21-23-42-46-30(13-7-15-34(36)46)28-9-3-5-17-40(28)49-42/h1-25H. The van der Waals surface area contributed by atoms with Gasteiger partial charge in [0.2, 0.25) is 0 Å². The molecule has 2 aliphatic heterocycles. The fourth-order valence-corrected chi connectivity index (χ4v) is 8.43. The minimum absolute atomic E-state index is 0.627. The molecular formula is C47H25NO2. The van der Waals surface area contributed by atoms with Crippen molar-refractivity contribution in [1.82, 2.24) is 0 Å². The van der Waals surface area contributed by atoms with Gasteiger partial charge in [0.25, 0.3) is 0 Å². The third-order valence-corrected chi connectivity index (χ3v) is 10.5. The number of rotatable bonds is 2. The van der Waals surface area contributed by atoms with Gasteiger partial charge < -0.3 is 9.47 Å². The molecule has 50 heavy (non-hydrogen) atoms. The quantitative estimate of drug-likeness (QED) is 0.178. The molecule has 3 nitrogen and oxygen atoms in total. The summed E-state index contributed by atoms with van der Waals surface area (Å²) in [5, 5.41) is 19.1. The summed E-state index contributed by atoms with van der Waals surface area (Å²) >= 11 is 0. The van der Waals surface area contributed by atoms with E-state index in [9.17, 15) is 5.26 Å². The fourth-order valence-electron chi connectivity index (χ4n) is 8.43. The van der Waals surface area contributed by atoms with E-state index in [0.29, 0.717) is 5.56 Å². The largest absolute Gasteiger partial charge is 0.456 e. The van der Waals surface area contributed by atoms with E-state index in [1.807, 2.05) is 30.3 Å². The molecule has 0 spiro atoms. The minimum Gasteiger partial charge on any atom is -0.456 e. The number of para-hydroxylation sites is 2. The number of hydrogen-bond donors (Lipinski definition) is 0.